The van der Waals surface area contributed by atoms with Crippen LogP contribution in [-0.4, -0.2) is 25.7 Å². The highest BCUT2D eigenvalue weighted by atomic mass is 79.9. The van der Waals surface area contributed by atoms with Gasteiger partial charge in [0.1, 0.15) is 0 Å². The minimum absolute atomic E-state index is 0.758. The second-order valence-electron chi connectivity index (χ2n) is 4.71. The summed E-state index contributed by atoms with van der Waals surface area (Å²) in [6.45, 7) is 3.41. The van der Waals surface area contributed by atoms with Crippen molar-refractivity contribution in [2.75, 3.05) is 19.6 Å². The van der Waals surface area contributed by atoms with Crippen LogP contribution in [0.4, 0.5) is 0 Å². The van der Waals surface area contributed by atoms with Crippen molar-refractivity contribution in [1.82, 2.24) is 10.6 Å². The third-order valence-electron chi connectivity index (χ3n) is 3.31. The highest BCUT2D eigenvalue weighted by Crippen LogP contribution is 2.11. The van der Waals surface area contributed by atoms with Crippen LogP contribution in [0.5, 0.6) is 0 Å². The molecule has 0 spiro atoms. The monoisotopic (exact) mass is 296 g/mol. The van der Waals surface area contributed by atoms with Crippen LogP contribution in [0, 0.1) is 0 Å². The minimum Gasteiger partial charge on any atom is -0.316 e. The molecule has 0 radical (unpaired) electrons. The van der Waals surface area contributed by atoms with E-state index in [1.54, 1.807) is 0 Å². The van der Waals surface area contributed by atoms with Crippen molar-refractivity contribution in [3.05, 3.63) is 34.3 Å². The van der Waals surface area contributed by atoms with Gasteiger partial charge in [0.05, 0.1) is 0 Å². The van der Waals surface area contributed by atoms with E-state index in [0.29, 0.717) is 0 Å². The van der Waals surface area contributed by atoms with Crippen LogP contribution in [0.1, 0.15) is 24.8 Å². The second-order valence-corrected chi connectivity index (χ2v) is 5.63. The maximum Gasteiger partial charge on any atom is 0.0178 e. The molecule has 3 heteroatoms. The summed E-state index contributed by atoms with van der Waals surface area (Å²) in [6, 6.07) is 9.31. The Hall–Kier alpha value is -0.380. The molecule has 0 bridgehead atoms. The van der Waals surface area contributed by atoms with Crippen molar-refractivity contribution < 1.29 is 0 Å². The van der Waals surface area contributed by atoms with E-state index in [0.717, 1.165) is 25.6 Å². The lowest BCUT2D eigenvalue weighted by molar-refractivity contribution is 0.525. The minimum atomic E-state index is 0.758. The number of rotatable bonds is 6. The third kappa shape index (κ3) is 4.78. The molecule has 1 saturated heterocycles. The Morgan fingerprint density at radius 1 is 1.35 bits per heavy atom. The van der Waals surface area contributed by atoms with E-state index in [9.17, 15) is 0 Å². The topological polar surface area (TPSA) is 24.1 Å². The molecule has 94 valence electrons. The van der Waals surface area contributed by atoms with Gasteiger partial charge in [-0.25, -0.2) is 0 Å². The van der Waals surface area contributed by atoms with Gasteiger partial charge in [0.15, 0.2) is 0 Å². The van der Waals surface area contributed by atoms with Gasteiger partial charge in [-0.15, -0.1) is 0 Å². The van der Waals surface area contributed by atoms with Gasteiger partial charge in [-0.1, -0.05) is 28.1 Å². The summed E-state index contributed by atoms with van der Waals surface area (Å²) in [7, 11) is 0. The molecule has 1 aliphatic rings. The molecule has 1 unspecified atom stereocenters. The molecular weight excluding hydrogens is 276 g/mol. The fourth-order valence-corrected chi connectivity index (χ4v) is 2.78. The van der Waals surface area contributed by atoms with Gasteiger partial charge in [0.2, 0.25) is 0 Å². The quantitative estimate of drug-likeness (QED) is 0.789. The zero-order chi connectivity index (χ0) is 11.9. The molecule has 0 aliphatic carbocycles. The van der Waals surface area contributed by atoms with E-state index in [2.05, 4.69) is 50.8 Å². The van der Waals surface area contributed by atoms with Gasteiger partial charge >= 0.3 is 0 Å². The first-order valence-electron chi connectivity index (χ1n) is 6.53. The molecule has 1 aromatic rings. The van der Waals surface area contributed by atoms with Crippen molar-refractivity contribution in [2.24, 2.45) is 0 Å². The van der Waals surface area contributed by atoms with Gasteiger partial charge in [-0.3, -0.25) is 0 Å². The lowest BCUT2D eigenvalue weighted by Crippen LogP contribution is -2.28. The van der Waals surface area contributed by atoms with Crippen LogP contribution in [-0.2, 0) is 6.42 Å². The van der Waals surface area contributed by atoms with E-state index < -0.39 is 0 Å². The molecule has 1 aromatic carbocycles. The molecule has 2 rings (SSSR count). The third-order valence-corrected chi connectivity index (χ3v) is 3.80. The van der Waals surface area contributed by atoms with E-state index in [4.69, 9.17) is 0 Å². The van der Waals surface area contributed by atoms with Crippen molar-refractivity contribution >= 4 is 15.9 Å². The molecular formula is C14H21BrN2. The van der Waals surface area contributed by atoms with E-state index in [1.165, 1.54) is 35.8 Å². The Morgan fingerprint density at radius 2 is 2.29 bits per heavy atom. The van der Waals surface area contributed by atoms with Crippen LogP contribution < -0.4 is 10.6 Å². The summed E-state index contributed by atoms with van der Waals surface area (Å²) >= 11 is 3.50. The van der Waals surface area contributed by atoms with Crippen LogP contribution in [0.2, 0.25) is 0 Å². The van der Waals surface area contributed by atoms with Crippen LogP contribution in [0.3, 0.4) is 0 Å². The molecule has 1 heterocycles. The SMILES string of the molecule is Brc1cccc(CCNCCC2CCCN2)c1. The highest BCUT2D eigenvalue weighted by Gasteiger charge is 2.12. The maximum atomic E-state index is 3.53. The maximum absolute atomic E-state index is 3.53. The fraction of sp³-hybridized carbons (Fsp3) is 0.571. The summed E-state index contributed by atoms with van der Waals surface area (Å²) in [6.07, 6.45) is 5.08. The van der Waals surface area contributed by atoms with Gasteiger partial charge in [-0.2, -0.15) is 0 Å². The summed E-state index contributed by atoms with van der Waals surface area (Å²) < 4.78 is 1.17. The van der Waals surface area contributed by atoms with Crippen molar-refractivity contribution in [2.45, 2.75) is 31.7 Å². The number of hydrogen-bond donors (Lipinski definition) is 2. The predicted octanol–water partition coefficient (Wildman–Crippen LogP) is 2.72. The largest absolute Gasteiger partial charge is 0.316 e. The van der Waals surface area contributed by atoms with Crippen molar-refractivity contribution in [1.29, 1.82) is 0 Å². The molecule has 17 heavy (non-hydrogen) atoms. The van der Waals surface area contributed by atoms with Gasteiger partial charge in [-0.05, 0) is 63.0 Å². The Labute approximate surface area is 112 Å². The predicted molar refractivity (Wildman–Crippen MR) is 76.4 cm³/mol. The zero-order valence-corrected chi connectivity index (χ0v) is 11.8. The first kappa shape index (κ1) is 13.1. The molecule has 1 aliphatic heterocycles. The lowest BCUT2D eigenvalue weighted by Gasteiger charge is -2.10. The smallest absolute Gasteiger partial charge is 0.0178 e. The number of halogens is 1. The number of hydrogen-bond acceptors (Lipinski definition) is 2. The molecule has 0 aromatic heterocycles. The molecule has 1 fully saturated rings. The van der Waals surface area contributed by atoms with Crippen molar-refractivity contribution in [3.8, 4) is 0 Å². The molecule has 0 amide bonds. The first-order valence-corrected chi connectivity index (χ1v) is 7.32. The van der Waals surface area contributed by atoms with Crippen LogP contribution in [0.15, 0.2) is 28.7 Å². The summed E-state index contributed by atoms with van der Waals surface area (Å²) in [5.74, 6) is 0. The molecule has 2 nitrogen and oxygen atoms in total. The molecule has 0 saturated carbocycles. The summed E-state index contributed by atoms with van der Waals surface area (Å²) in [4.78, 5) is 0. The average molecular weight is 297 g/mol. The van der Waals surface area contributed by atoms with E-state index in [1.807, 2.05) is 0 Å². The number of nitrogens with one attached hydrogen (secondary N) is 2. The lowest BCUT2D eigenvalue weighted by atomic mass is 10.1. The van der Waals surface area contributed by atoms with Crippen molar-refractivity contribution in [3.63, 3.8) is 0 Å². The first-order chi connectivity index (χ1) is 8.34. The Balaban J connectivity index is 1.56. The normalized spacial score (nSPS) is 19.7. The zero-order valence-electron chi connectivity index (χ0n) is 10.2. The highest BCUT2D eigenvalue weighted by molar-refractivity contribution is 9.10. The average Bonchev–Trinajstić information content (AvgIpc) is 2.82. The van der Waals surface area contributed by atoms with E-state index in [-0.39, 0.29) is 0 Å². The van der Waals surface area contributed by atoms with Gasteiger partial charge < -0.3 is 10.6 Å². The van der Waals surface area contributed by atoms with Gasteiger partial charge in [0.25, 0.3) is 0 Å². The second kappa shape index (κ2) is 7.14. The fourth-order valence-electron chi connectivity index (χ4n) is 2.33. The molecule has 2 N–H and O–H groups in total. The van der Waals surface area contributed by atoms with Crippen LogP contribution >= 0.6 is 15.9 Å². The Kier molecular flexibility index (Phi) is 5.49. The summed E-state index contributed by atoms with van der Waals surface area (Å²) in [5, 5.41) is 7.05. The van der Waals surface area contributed by atoms with Gasteiger partial charge in [0, 0.05) is 10.5 Å². The Morgan fingerprint density at radius 3 is 3.06 bits per heavy atom. The van der Waals surface area contributed by atoms with E-state index >= 15 is 0 Å². The van der Waals surface area contributed by atoms with Crippen LogP contribution in [0.25, 0.3) is 0 Å². The Bertz CT molecular complexity index is 335. The molecule has 1 atom stereocenters. The standard InChI is InChI=1S/C14H21BrN2/c15-13-4-1-3-12(11-13)6-9-16-10-7-14-5-2-8-17-14/h1,3-4,11,14,16-17H,2,5-10H2. The number of benzene rings is 1. The summed E-state index contributed by atoms with van der Waals surface area (Å²) in [5.41, 5.74) is 1.39.